The Morgan fingerprint density at radius 1 is 1.19 bits per heavy atom. The number of aryl methyl sites for hydroxylation is 1. The summed E-state index contributed by atoms with van der Waals surface area (Å²) in [7, 11) is 2.04. The molecule has 1 aliphatic rings. The van der Waals surface area contributed by atoms with Crippen molar-refractivity contribution in [2.24, 2.45) is 0 Å². The zero-order chi connectivity index (χ0) is 14.8. The van der Waals surface area contributed by atoms with Crippen LogP contribution < -0.4 is 10.2 Å². The third-order valence-corrected chi connectivity index (χ3v) is 4.71. The monoisotopic (exact) mass is 284 g/mol. The van der Waals surface area contributed by atoms with Gasteiger partial charge >= 0.3 is 0 Å². The van der Waals surface area contributed by atoms with Crippen molar-refractivity contribution in [1.82, 2.24) is 15.5 Å². The number of likely N-dealkylation sites (N-methyl/N-ethyl adjacent to an activating group) is 1. The molecule has 1 fully saturated rings. The van der Waals surface area contributed by atoms with Gasteiger partial charge in [-0.25, -0.2) is 0 Å². The highest BCUT2D eigenvalue weighted by Gasteiger charge is 2.29. The fourth-order valence-corrected chi connectivity index (χ4v) is 3.37. The first kappa shape index (κ1) is 14.3. The summed E-state index contributed by atoms with van der Waals surface area (Å²) >= 11 is 0. The molecule has 0 aliphatic carbocycles. The van der Waals surface area contributed by atoms with Gasteiger partial charge in [0.1, 0.15) is 0 Å². The Hall–Kier alpha value is -1.68. The van der Waals surface area contributed by atoms with Gasteiger partial charge < -0.3 is 10.2 Å². The maximum atomic E-state index is 4.55. The van der Waals surface area contributed by atoms with Crippen molar-refractivity contribution in [3.8, 4) is 0 Å². The topological polar surface area (TPSA) is 41.0 Å². The minimum absolute atomic E-state index is 0.451. The predicted molar refractivity (Wildman–Crippen MR) is 87.8 cm³/mol. The first-order chi connectivity index (χ1) is 10.2. The zero-order valence-electron chi connectivity index (χ0n) is 13.1. The van der Waals surface area contributed by atoms with Gasteiger partial charge in [0.25, 0.3) is 0 Å². The molecule has 2 aromatic rings. The molecule has 3 rings (SSSR count). The van der Waals surface area contributed by atoms with Gasteiger partial charge in [-0.2, -0.15) is 5.10 Å². The lowest BCUT2D eigenvalue weighted by atomic mass is 9.96. The summed E-state index contributed by atoms with van der Waals surface area (Å²) in [6, 6.07) is 9.42. The van der Waals surface area contributed by atoms with Gasteiger partial charge in [-0.05, 0) is 40.2 Å². The largest absolute Gasteiger partial charge is 0.350 e. The molecule has 4 nitrogen and oxygen atoms in total. The van der Waals surface area contributed by atoms with E-state index in [0.717, 1.165) is 18.1 Å². The molecule has 1 N–H and O–H groups in total. The van der Waals surface area contributed by atoms with E-state index in [0.29, 0.717) is 12.1 Å². The van der Waals surface area contributed by atoms with E-state index in [-0.39, 0.29) is 0 Å². The van der Waals surface area contributed by atoms with Crippen molar-refractivity contribution in [2.75, 3.05) is 18.5 Å². The van der Waals surface area contributed by atoms with Gasteiger partial charge in [0.05, 0.1) is 5.69 Å². The maximum absolute atomic E-state index is 4.55. The van der Waals surface area contributed by atoms with E-state index in [1.807, 2.05) is 14.0 Å². The van der Waals surface area contributed by atoms with E-state index >= 15 is 0 Å². The molecular formula is C17H24N4. The fourth-order valence-electron chi connectivity index (χ4n) is 3.37. The molecule has 2 unspecified atom stereocenters. The number of rotatable bonds is 3. The molecule has 112 valence electrons. The minimum atomic E-state index is 0.451. The van der Waals surface area contributed by atoms with Gasteiger partial charge in [-0.1, -0.05) is 24.3 Å². The summed E-state index contributed by atoms with van der Waals surface area (Å²) in [5, 5.41) is 14.8. The van der Waals surface area contributed by atoms with Gasteiger partial charge in [-0.15, -0.1) is 5.10 Å². The lowest BCUT2D eigenvalue weighted by Crippen LogP contribution is -2.50. The SMILES string of the molecule is CNC(C)C1CCCCN1c1nnc(C)c2ccccc12. The predicted octanol–water partition coefficient (Wildman–Crippen LogP) is 2.91. The number of hydrogen-bond acceptors (Lipinski definition) is 4. The van der Waals surface area contributed by atoms with Crippen LogP contribution in [0.3, 0.4) is 0 Å². The van der Waals surface area contributed by atoms with Crippen LogP contribution in [-0.4, -0.2) is 35.9 Å². The number of hydrogen-bond donors (Lipinski definition) is 1. The average molecular weight is 284 g/mol. The normalized spacial score (nSPS) is 20.7. The smallest absolute Gasteiger partial charge is 0.159 e. The summed E-state index contributed by atoms with van der Waals surface area (Å²) < 4.78 is 0. The van der Waals surface area contributed by atoms with Gasteiger partial charge in [0.15, 0.2) is 5.82 Å². The number of benzene rings is 1. The molecule has 0 amide bonds. The molecule has 1 aromatic carbocycles. The second-order valence-electron chi connectivity index (χ2n) is 5.99. The van der Waals surface area contributed by atoms with Crippen molar-refractivity contribution in [2.45, 2.75) is 45.2 Å². The molecule has 2 heterocycles. The van der Waals surface area contributed by atoms with Crippen LogP contribution in [0.4, 0.5) is 5.82 Å². The second kappa shape index (κ2) is 5.98. The molecule has 4 heteroatoms. The van der Waals surface area contributed by atoms with Crippen LogP contribution in [0.5, 0.6) is 0 Å². The molecule has 0 saturated carbocycles. The Morgan fingerprint density at radius 3 is 2.71 bits per heavy atom. The van der Waals surface area contributed by atoms with Crippen LogP contribution in [-0.2, 0) is 0 Å². The number of anilines is 1. The number of aromatic nitrogens is 2. The highest BCUT2D eigenvalue weighted by molar-refractivity contribution is 5.93. The van der Waals surface area contributed by atoms with Crippen molar-refractivity contribution in [1.29, 1.82) is 0 Å². The number of piperidine rings is 1. The number of nitrogens with one attached hydrogen (secondary N) is 1. The maximum Gasteiger partial charge on any atom is 0.159 e. The van der Waals surface area contributed by atoms with Crippen LogP contribution in [0.15, 0.2) is 24.3 Å². The van der Waals surface area contributed by atoms with Crippen LogP contribution in [0.25, 0.3) is 10.8 Å². The van der Waals surface area contributed by atoms with E-state index in [2.05, 4.69) is 51.6 Å². The average Bonchev–Trinajstić information content (AvgIpc) is 2.55. The van der Waals surface area contributed by atoms with Crippen molar-refractivity contribution >= 4 is 16.6 Å². The standard InChI is InChI=1S/C17H24N4/c1-12-14-8-4-5-9-15(14)17(20-19-12)21-11-7-6-10-16(21)13(2)18-3/h4-5,8-9,13,16,18H,6-7,10-11H2,1-3H3. The molecule has 1 saturated heterocycles. The Kier molecular flexibility index (Phi) is 4.06. The third kappa shape index (κ3) is 2.60. The van der Waals surface area contributed by atoms with Crippen molar-refractivity contribution < 1.29 is 0 Å². The van der Waals surface area contributed by atoms with E-state index in [1.165, 1.54) is 30.0 Å². The molecule has 0 radical (unpaired) electrons. The highest BCUT2D eigenvalue weighted by atomic mass is 15.3. The fraction of sp³-hybridized carbons (Fsp3) is 0.529. The van der Waals surface area contributed by atoms with Crippen molar-refractivity contribution in [3.05, 3.63) is 30.0 Å². The first-order valence-corrected chi connectivity index (χ1v) is 7.88. The Balaban J connectivity index is 2.08. The molecule has 1 aromatic heterocycles. The summed E-state index contributed by atoms with van der Waals surface area (Å²) in [5.41, 5.74) is 1.00. The summed E-state index contributed by atoms with van der Waals surface area (Å²) in [6.45, 7) is 5.36. The van der Waals surface area contributed by atoms with E-state index in [4.69, 9.17) is 0 Å². The first-order valence-electron chi connectivity index (χ1n) is 7.88. The Bertz CT molecular complexity index is 625. The Labute approximate surface area is 126 Å². The van der Waals surface area contributed by atoms with Gasteiger partial charge in [0, 0.05) is 29.4 Å². The minimum Gasteiger partial charge on any atom is -0.350 e. The van der Waals surface area contributed by atoms with E-state index in [1.54, 1.807) is 0 Å². The highest BCUT2D eigenvalue weighted by Crippen LogP contribution is 2.31. The van der Waals surface area contributed by atoms with Crippen LogP contribution in [0.2, 0.25) is 0 Å². The lowest BCUT2D eigenvalue weighted by molar-refractivity contribution is 0.380. The zero-order valence-corrected chi connectivity index (χ0v) is 13.1. The number of fused-ring (bicyclic) bond motifs is 1. The Morgan fingerprint density at radius 2 is 1.95 bits per heavy atom. The molecule has 1 aliphatic heterocycles. The second-order valence-corrected chi connectivity index (χ2v) is 5.99. The van der Waals surface area contributed by atoms with Crippen LogP contribution in [0, 0.1) is 6.92 Å². The molecule has 21 heavy (non-hydrogen) atoms. The molecule has 2 atom stereocenters. The lowest BCUT2D eigenvalue weighted by Gasteiger charge is -2.40. The summed E-state index contributed by atoms with van der Waals surface area (Å²) in [5.74, 6) is 1.04. The van der Waals surface area contributed by atoms with Crippen LogP contribution in [0.1, 0.15) is 31.9 Å². The van der Waals surface area contributed by atoms with E-state index in [9.17, 15) is 0 Å². The summed E-state index contributed by atoms with van der Waals surface area (Å²) in [4.78, 5) is 2.46. The third-order valence-electron chi connectivity index (χ3n) is 4.71. The van der Waals surface area contributed by atoms with E-state index < -0.39 is 0 Å². The van der Waals surface area contributed by atoms with Crippen molar-refractivity contribution in [3.63, 3.8) is 0 Å². The quantitative estimate of drug-likeness (QED) is 0.941. The van der Waals surface area contributed by atoms with Gasteiger partial charge in [-0.3, -0.25) is 0 Å². The summed E-state index contributed by atoms with van der Waals surface area (Å²) in [6.07, 6.45) is 3.74. The molecule has 0 spiro atoms. The molecule has 0 bridgehead atoms. The molecular weight excluding hydrogens is 260 g/mol. The number of nitrogens with zero attached hydrogens (tertiary/aromatic N) is 3. The van der Waals surface area contributed by atoms with Crippen LogP contribution >= 0.6 is 0 Å². The van der Waals surface area contributed by atoms with Gasteiger partial charge in [0.2, 0.25) is 0 Å².